The first kappa shape index (κ1) is 10.9. The second-order valence-corrected chi connectivity index (χ2v) is 5.14. The summed E-state index contributed by atoms with van der Waals surface area (Å²) in [5.74, 6) is 1.06. The third-order valence-corrected chi connectivity index (χ3v) is 3.34. The second kappa shape index (κ2) is 4.97. The van der Waals surface area contributed by atoms with Gasteiger partial charge in [0.15, 0.2) is 0 Å². The number of nitrogens with zero attached hydrogens (tertiary/aromatic N) is 1. The monoisotopic (exact) mass is 210 g/mol. The average Bonchev–Trinajstić information content (AvgIpc) is 2.99. The molecule has 3 nitrogen and oxygen atoms in total. The molecule has 1 saturated carbocycles. The van der Waals surface area contributed by atoms with Crippen LogP contribution in [0.15, 0.2) is 0 Å². The van der Waals surface area contributed by atoms with Crippen LogP contribution in [-0.2, 0) is 4.79 Å². The lowest BCUT2D eigenvalue weighted by Gasteiger charge is -2.30. The van der Waals surface area contributed by atoms with E-state index in [4.69, 9.17) is 0 Å². The molecule has 0 spiro atoms. The Balaban J connectivity index is 1.61. The van der Waals surface area contributed by atoms with Crippen LogP contribution in [0.1, 0.15) is 39.0 Å². The Bertz CT molecular complexity index is 226. The fourth-order valence-corrected chi connectivity index (χ4v) is 2.28. The van der Waals surface area contributed by atoms with Crippen LogP contribution in [0.4, 0.5) is 0 Å². The van der Waals surface area contributed by atoms with Gasteiger partial charge in [0.1, 0.15) is 0 Å². The van der Waals surface area contributed by atoms with Crippen LogP contribution >= 0.6 is 0 Å². The Kier molecular flexibility index (Phi) is 3.62. The Hall–Kier alpha value is -0.570. The van der Waals surface area contributed by atoms with Crippen molar-refractivity contribution in [2.24, 2.45) is 5.92 Å². The lowest BCUT2D eigenvalue weighted by atomic mass is 10.0. The number of nitrogens with one attached hydrogen (secondary N) is 1. The molecule has 1 N–H and O–H groups in total. The molecule has 1 saturated heterocycles. The van der Waals surface area contributed by atoms with E-state index in [1.165, 1.54) is 38.8 Å². The minimum Gasteiger partial charge on any atom is -0.353 e. The van der Waals surface area contributed by atoms with E-state index < -0.39 is 0 Å². The average molecular weight is 210 g/mol. The van der Waals surface area contributed by atoms with Gasteiger partial charge in [0.25, 0.3) is 0 Å². The highest BCUT2D eigenvalue weighted by atomic mass is 16.1. The summed E-state index contributed by atoms with van der Waals surface area (Å²) >= 11 is 0. The van der Waals surface area contributed by atoms with Crippen molar-refractivity contribution in [3.8, 4) is 0 Å². The number of carbonyl (C=O) groups is 1. The summed E-state index contributed by atoms with van der Waals surface area (Å²) in [6.07, 6.45) is 5.71. The molecule has 0 radical (unpaired) electrons. The minimum absolute atomic E-state index is 0.246. The van der Waals surface area contributed by atoms with Gasteiger partial charge >= 0.3 is 0 Å². The van der Waals surface area contributed by atoms with Crippen LogP contribution in [0.25, 0.3) is 0 Å². The van der Waals surface area contributed by atoms with Crippen LogP contribution in [0, 0.1) is 5.92 Å². The third kappa shape index (κ3) is 3.82. The van der Waals surface area contributed by atoms with Gasteiger partial charge in [-0.05, 0) is 38.1 Å². The van der Waals surface area contributed by atoms with Crippen molar-refractivity contribution in [1.82, 2.24) is 10.2 Å². The maximum Gasteiger partial charge on any atom is 0.221 e. The summed E-state index contributed by atoms with van der Waals surface area (Å²) in [6.45, 7) is 5.61. The normalized spacial score (nSPS) is 27.7. The number of piperidine rings is 1. The summed E-state index contributed by atoms with van der Waals surface area (Å²) in [7, 11) is 0. The van der Waals surface area contributed by atoms with Crippen LogP contribution in [0.5, 0.6) is 0 Å². The molecule has 2 aliphatic rings. The van der Waals surface area contributed by atoms with Gasteiger partial charge in [0.05, 0.1) is 0 Å². The Morgan fingerprint density at radius 1 is 1.40 bits per heavy atom. The molecule has 1 unspecified atom stereocenters. The molecule has 0 aromatic heterocycles. The fraction of sp³-hybridized carbons (Fsp3) is 0.917. The fourth-order valence-electron chi connectivity index (χ4n) is 2.28. The van der Waals surface area contributed by atoms with Crippen LogP contribution in [-0.4, -0.2) is 36.5 Å². The molecular formula is C12H22N2O. The summed E-state index contributed by atoms with van der Waals surface area (Å²) < 4.78 is 0. The van der Waals surface area contributed by atoms with Crippen molar-refractivity contribution < 1.29 is 4.79 Å². The van der Waals surface area contributed by atoms with Crippen molar-refractivity contribution in [3.05, 3.63) is 0 Å². The quantitative estimate of drug-likeness (QED) is 0.760. The minimum atomic E-state index is 0.246. The van der Waals surface area contributed by atoms with Gasteiger partial charge in [0.2, 0.25) is 5.91 Å². The second-order valence-electron chi connectivity index (χ2n) is 5.14. The summed E-state index contributed by atoms with van der Waals surface area (Å²) in [5.41, 5.74) is 0. The molecular weight excluding hydrogens is 188 g/mol. The highest BCUT2D eigenvalue weighted by Gasteiger charge is 2.23. The zero-order chi connectivity index (χ0) is 10.7. The molecule has 1 amide bonds. The largest absolute Gasteiger partial charge is 0.353 e. The predicted molar refractivity (Wildman–Crippen MR) is 60.6 cm³/mol. The molecule has 2 fully saturated rings. The van der Waals surface area contributed by atoms with Crippen LogP contribution in [0.2, 0.25) is 0 Å². The summed E-state index contributed by atoms with van der Waals surface area (Å²) in [4.78, 5) is 13.9. The standard InChI is InChI=1S/C12H22N2O/c1-10-3-2-7-14(9-10)8-6-12(15)13-11-4-5-11/h10-11H,2-9H2,1H3,(H,13,15). The van der Waals surface area contributed by atoms with E-state index in [2.05, 4.69) is 17.1 Å². The van der Waals surface area contributed by atoms with Crippen molar-refractivity contribution >= 4 is 5.91 Å². The van der Waals surface area contributed by atoms with E-state index in [1.807, 2.05) is 0 Å². The lowest BCUT2D eigenvalue weighted by molar-refractivity contribution is -0.121. The molecule has 0 aromatic rings. The van der Waals surface area contributed by atoms with Crippen LogP contribution < -0.4 is 5.32 Å². The Morgan fingerprint density at radius 2 is 2.20 bits per heavy atom. The molecule has 0 bridgehead atoms. The number of carbonyl (C=O) groups excluding carboxylic acids is 1. The van der Waals surface area contributed by atoms with Gasteiger partial charge in [-0.3, -0.25) is 4.79 Å². The summed E-state index contributed by atoms with van der Waals surface area (Å²) in [5, 5.41) is 3.04. The van der Waals surface area contributed by atoms with E-state index in [1.54, 1.807) is 0 Å². The van der Waals surface area contributed by atoms with Gasteiger partial charge < -0.3 is 10.2 Å². The van der Waals surface area contributed by atoms with Gasteiger partial charge in [0, 0.05) is 25.6 Å². The molecule has 86 valence electrons. The van der Waals surface area contributed by atoms with Gasteiger partial charge in [-0.15, -0.1) is 0 Å². The maximum atomic E-state index is 11.5. The van der Waals surface area contributed by atoms with Crippen molar-refractivity contribution in [3.63, 3.8) is 0 Å². The highest BCUT2D eigenvalue weighted by Crippen LogP contribution is 2.19. The van der Waals surface area contributed by atoms with Gasteiger partial charge in [-0.25, -0.2) is 0 Å². The molecule has 0 aromatic carbocycles. The van der Waals surface area contributed by atoms with Crippen molar-refractivity contribution in [2.45, 2.75) is 45.1 Å². The number of hydrogen-bond acceptors (Lipinski definition) is 2. The highest BCUT2D eigenvalue weighted by molar-refractivity contribution is 5.76. The van der Waals surface area contributed by atoms with E-state index in [9.17, 15) is 4.79 Å². The van der Waals surface area contributed by atoms with Gasteiger partial charge in [-0.2, -0.15) is 0 Å². The number of amides is 1. The SMILES string of the molecule is CC1CCCN(CCC(=O)NC2CC2)C1. The van der Waals surface area contributed by atoms with E-state index in [-0.39, 0.29) is 5.91 Å². The lowest BCUT2D eigenvalue weighted by Crippen LogP contribution is -2.37. The molecule has 1 aliphatic carbocycles. The summed E-state index contributed by atoms with van der Waals surface area (Å²) in [6, 6.07) is 0.512. The zero-order valence-corrected chi connectivity index (χ0v) is 9.67. The van der Waals surface area contributed by atoms with E-state index >= 15 is 0 Å². The third-order valence-electron chi connectivity index (χ3n) is 3.34. The first-order chi connectivity index (χ1) is 7.24. The first-order valence-electron chi connectivity index (χ1n) is 6.26. The molecule has 1 atom stereocenters. The molecule has 1 aliphatic heterocycles. The van der Waals surface area contributed by atoms with Crippen molar-refractivity contribution in [2.75, 3.05) is 19.6 Å². The zero-order valence-electron chi connectivity index (χ0n) is 9.67. The maximum absolute atomic E-state index is 11.5. The molecule has 15 heavy (non-hydrogen) atoms. The van der Waals surface area contributed by atoms with Gasteiger partial charge in [-0.1, -0.05) is 6.92 Å². The van der Waals surface area contributed by atoms with E-state index in [0.717, 1.165) is 12.5 Å². The number of rotatable bonds is 4. The van der Waals surface area contributed by atoms with E-state index in [0.29, 0.717) is 12.5 Å². The number of likely N-dealkylation sites (tertiary alicyclic amines) is 1. The van der Waals surface area contributed by atoms with Crippen LogP contribution in [0.3, 0.4) is 0 Å². The smallest absolute Gasteiger partial charge is 0.221 e. The first-order valence-corrected chi connectivity index (χ1v) is 6.26. The molecule has 3 heteroatoms. The van der Waals surface area contributed by atoms with Crippen molar-refractivity contribution in [1.29, 1.82) is 0 Å². The predicted octanol–water partition coefficient (Wildman–Crippen LogP) is 1.39. The Labute approximate surface area is 92.2 Å². The molecule has 1 heterocycles. The Morgan fingerprint density at radius 3 is 2.87 bits per heavy atom. The topological polar surface area (TPSA) is 32.3 Å². The number of hydrogen-bond donors (Lipinski definition) is 1. The molecule has 2 rings (SSSR count).